The Labute approximate surface area is 105 Å². The largest absolute Gasteiger partial charge is 0.392 e. The van der Waals surface area contributed by atoms with Crippen molar-refractivity contribution in [3.63, 3.8) is 0 Å². The van der Waals surface area contributed by atoms with Gasteiger partial charge in [-0.05, 0) is 57.9 Å². The first kappa shape index (κ1) is 13.1. The lowest BCUT2D eigenvalue weighted by Crippen LogP contribution is -2.40. The molecule has 0 aromatic heterocycles. The van der Waals surface area contributed by atoms with E-state index in [-0.39, 0.29) is 11.5 Å². The van der Waals surface area contributed by atoms with Gasteiger partial charge in [0.05, 0.1) is 6.10 Å². The summed E-state index contributed by atoms with van der Waals surface area (Å²) in [7, 11) is 0. The Morgan fingerprint density at radius 3 is 2.82 bits per heavy atom. The maximum Gasteiger partial charge on any atom is 0.0633 e. The van der Waals surface area contributed by atoms with Crippen LogP contribution in [0, 0.1) is 5.41 Å². The van der Waals surface area contributed by atoms with Crippen LogP contribution < -0.4 is 5.73 Å². The molecule has 2 aliphatic rings. The van der Waals surface area contributed by atoms with Gasteiger partial charge in [-0.3, -0.25) is 0 Å². The molecular formula is C15H27NO. The van der Waals surface area contributed by atoms with Crippen LogP contribution in [0.3, 0.4) is 0 Å². The Bertz CT molecular complexity index is 274. The fourth-order valence-corrected chi connectivity index (χ4v) is 3.76. The van der Waals surface area contributed by atoms with Crippen LogP contribution in [0.5, 0.6) is 0 Å². The molecule has 17 heavy (non-hydrogen) atoms. The first-order valence-electron chi connectivity index (χ1n) is 7.37. The third-order valence-corrected chi connectivity index (χ3v) is 4.75. The lowest BCUT2D eigenvalue weighted by molar-refractivity contribution is 0.00360. The van der Waals surface area contributed by atoms with Crippen molar-refractivity contribution in [2.24, 2.45) is 11.1 Å². The van der Waals surface area contributed by atoms with Gasteiger partial charge < -0.3 is 10.8 Å². The molecule has 0 heterocycles. The van der Waals surface area contributed by atoms with Gasteiger partial charge in [0, 0.05) is 5.41 Å². The van der Waals surface area contributed by atoms with Gasteiger partial charge in [-0.15, -0.1) is 0 Å². The van der Waals surface area contributed by atoms with E-state index in [0.717, 1.165) is 25.8 Å². The summed E-state index contributed by atoms with van der Waals surface area (Å²) in [4.78, 5) is 0. The fourth-order valence-electron chi connectivity index (χ4n) is 3.76. The zero-order valence-electron chi connectivity index (χ0n) is 11.0. The highest BCUT2D eigenvalue weighted by Crippen LogP contribution is 2.48. The number of aliphatic hydroxyl groups is 1. The molecule has 0 aromatic rings. The molecule has 2 rings (SSSR count). The standard InChI is InChI=1S/C15H27NO/c16-12-6-11-15(10-5-4-9-14(15)17)13-7-2-1-3-8-13/h7,14,17H,1-6,8-12,16H2. The van der Waals surface area contributed by atoms with Crippen LogP contribution in [-0.4, -0.2) is 17.8 Å². The Balaban J connectivity index is 2.18. The number of aliphatic hydroxyl groups excluding tert-OH is 1. The predicted molar refractivity (Wildman–Crippen MR) is 71.7 cm³/mol. The SMILES string of the molecule is NCCCC1(C2=CCCCC2)CCCCC1O. The van der Waals surface area contributed by atoms with Crippen LogP contribution in [0.25, 0.3) is 0 Å². The first-order chi connectivity index (χ1) is 8.29. The molecule has 0 bridgehead atoms. The van der Waals surface area contributed by atoms with Crippen molar-refractivity contribution in [1.29, 1.82) is 0 Å². The quantitative estimate of drug-likeness (QED) is 0.738. The van der Waals surface area contributed by atoms with E-state index in [9.17, 15) is 5.11 Å². The summed E-state index contributed by atoms with van der Waals surface area (Å²) >= 11 is 0. The van der Waals surface area contributed by atoms with Crippen LogP contribution in [0.1, 0.15) is 64.2 Å². The van der Waals surface area contributed by atoms with Crippen molar-refractivity contribution >= 4 is 0 Å². The molecule has 98 valence electrons. The summed E-state index contributed by atoms with van der Waals surface area (Å²) in [6, 6.07) is 0. The van der Waals surface area contributed by atoms with Gasteiger partial charge in [0.2, 0.25) is 0 Å². The second-order valence-corrected chi connectivity index (χ2v) is 5.79. The summed E-state index contributed by atoms with van der Waals surface area (Å²) in [6.07, 6.45) is 14.1. The highest BCUT2D eigenvalue weighted by molar-refractivity contribution is 5.20. The van der Waals surface area contributed by atoms with E-state index < -0.39 is 0 Å². The van der Waals surface area contributed by atoms with Crippen molar-refractivity contribution in [1.82, 2.24) is 0 Å². The first-order valence-corrected chi connectivity index (χ1v) is 7.37. The lowest BCUT2D eigenvalue weighted by Gasteiger charge is -2.45. The van der Waals surface area contributed by atoms with Gasteiger partial charge in [0.25, 0.3) is 0 Å². The third-order valence-electron chi connectivity index (χ3n) is 4.75. The summed E-state index contributed by atoms with van der Waals surface area (Å²) in [5.41, 5.74) is 7.33. The van der Waals surface area contributed by atoms with Gasteiger partial charge in [0.15, 0.2) is 0 Å². The Morgan fingerprint density at radius 1 is 1.29 bits per heavy atom. The maximum absolute atomic E-state index is 10.5. The summed E-state index contributed by atoms with van der Waals surface area (Å²) in [6.45, 7) is 0.752. The lowest BCUT2D eigenvalue weighted by atomic mass is 9.62. The Hall–Kier alpha value is -0.340. The molecule has 2 nitrogen and oxygen atoms in total. The van der Waals surface area contributed by atoms with Gasteiger partial charge in [0.1, 0.15) is 0 Å². The van der Waals surface area contributed by atoms with Crippen molar-refractivity contribution < 1.29 is 5.11 Å². The molecular weight excluding hydrogens is 210 g/mol. The molecule has 0 saturated heterocycles. The molecule has 1 saturated carbocycles. The average Bonchev–Trinajstić information content (AvgIpc) is 2.39. The molecule has 2 aliphatic carbocycles. The fraction of sp³-hybridized carbons (Fsp3) is 0.867. The van der Waals surface area contributed by atoms with Gasteiger partial charge in [-0.25, -0.2) is 0 Å². The molecule has 0 aromatic carbocycles. The molecule has 3 N–H and O–H groups in total. The molecule has 0 amide bonds. The van der Waals surface area contributed by atoms with Crippen LogP contribution in [-0.2, 0) is 0 Å². The van der Waals surface area contributed by atoms with Crippen molar-refractivity contribution in [2.45, 2.75) is 70.3 Å². The maximum atomic E-state index is 10.5. The number of nitrogens with two attached hydrogens (primary N) is 1. The highest BCUT2D eigenvalue weighted by Gasteiger charge is 2.42. The second-order valence-electron chi connectivity index (χ2n) is 5.79. The minimum Gasteiger partial charge on any atom is -0.392 e. The van der Waals surface area contributed by atoms with Crippen LogP contribution >= 0.6 is 0 Å². The minimum absolute atomic E-state index is 0.0953. The number of hydrogen-bond donors (Lipinski definition) is 2. The summed E-state index contributed by atoms with van der Waals surface area (Å²) in [5.74, 6) is 0. The smallest absolute Gasteiger partial charge is 0.0633 e. The molecule has 2 heteroatoms. The van der Waals surface area contributed by atoms with E-state index >= 15 is 0 Å². The van der Waals surface area contributed by atoms with Gasteiger partial charge >= 0.3 is 0 Å². The molecule has 0 radical (unpaired) electrons. The number of rotatable bonds is 4. The molecule has 0 aliphatic heterocycles. The van der Waals surface area contributed by atoms with Gasteiger partial charge in [-0.2, -0.15) is 0 Å². The van der Waals surface area contributed by atoms with Crippen LogP contribution in [0.15, 0.2) is 11.6 Å². The molecule has 1 fully saturated rings. The van der Waals surface area contributed by atoms with E-state index in [1.54, 1.807) is 5.57 Å². The van der Waals surface area contributed by atoms with Crippen molar-refractivity contribution in [3.8, 4) is 0 Å². The van der Waals surface area contributed by atoms with Gasteiger partial charge in [-0.1, -0.05) is 24.5 Å². The molecule has 0 spiro atoms. The van der Waals surface area contributed by atoms with E-state index in [4.69, 9.17) is 5.73 Å². The van der Waals surface area contributed by atoms with Crippen LogP contribution in [0.2, 0.25) is 0 Å². The van der Waals surface area contributed by atoms with Crippen molar-refractivity contribution in [3.05, 3.63) is 11.6 Å². The van der Waals surface area contributed by atoms with E-state index in [2.05, 4.69) is 6.08 Å². The molecule has 2 atom stereocenters. The zero-order valence-corrected chi connectivity index (χ0v) is 11.0. The predicted octanol–water partition coefficient (Wildman–Crippen LogP) is 3.15. The van der Waals surface area contributed by atoms with E-state index in [1.165, 1.54) is 44.9 Å². The average molecular weight is 237 g/mol. The minimum atomic E-state index is -0.118. The number of allylic oxidation sites excluding steroid dienone is 1. The Kier molecular flexibility index (Phi) is 4.63. The number of hydrogen-bond acceptors (Lipinski definition) is 2. The topological polar surface area (TPSA) is 46.2 Å². The normalized spacial score (nSPS) is 34.5. The molecule has 2 unspecified atom stereocenters. The van der Waals surface area contributed by atoms with E-state index in [0.29, 0.717) is 0 Å². The summed E-state index contributed by atoms with van der Waals surface area (Å²) < 4.78 is 0. The second kappa shape index (κ2) is 6.01. The Morgan fingerprint density at radius 2 is 2.18 bits per heavy atom. The zero-order chi connectivity index (χ0) is 12.1. The highest BCUT2D eigenvalue weighted by atomic mass is 16.3. The van der Waals surface area contributed by atoms with Crippen LogP contribution in [0.4, 0.5) is 0 Å². The van der Waals surface area contributed by atoms with E-state index in [1.807, 2.05) is 0 Å². The third kappa shape index (κ3) is 2.74. The monoisotopic (exact) mass is 237 g/mol. The van der Waals surface area contributed by atoms with Crippen molar-refractivity contribution in [2.75, 3.05) is 6.54 Å². The summed E-state index contributed by atoms with van der Waals surface area (Å²) in [5, 5.41) is 10.5.